The molecule has 1 aromatic heterocycles. The lowest BCUT2D eigenvalue weighted by atomic mass is 10.2. The van der Waals surface area contributed by atoms with Gasteiger partial charge in [0.2, 0.25) is 5.95 Å². The second-order valence-electron chi connectivity index (χ2n) is 5.38. The van der Waals surface area contributed by atoms with Crippen LogP contribution in [0.15, 0.2) is 18.2 Å². The number of hydrogen-bond donors (Lipinski definition) is 1. The maximum absolute atomic E-state index is 12.5. The summed E-state index contributed by atoms with van der Waals surface area (Å²) in [5.74, 6) is 1.31. The Kier molecular flexibility index (Phi) is 2.64. The molecule has 1 aliphatic rings. The number of amides is 1. The highest BCUT2D eigenvalue weighted by Gasteiger charge is 2.37. The highest BCUT2D eigenvalue weighted by molar-refractivity contribution is 5.95. The van der Waals surface area contributed by atoms with E-state index in [9.17, 15) is 4.79 Å². The summed E-state index contributed by atoms with van der Waals surface area (Å²) in [5.41, 5.74) is 1.07. The summed E-state index contributed by atoms with van der Waals surface area (Å²) in [6.07, 6.45) is 0. The zero-order chi connectivity index (χ0) is 14.5. The summed E-state index contributed by atoms with van der Waals surface area (Å²) in [7, 11) is 1.77. The standard InChI is InChI=1S/C14H18N4O2/c1-5-20-9-6-7-10-11(8-9)18-12(15-10)16-14(2,3)17(4)13(18)19/h6-8H,5H2,1-4H3,(H,15,16). The molecule has 0 spiro atoms. The Balaban J connectivity index is 2.19. The lowest BCUT2D eigenvalue weighted by Gasteiger charge is -2.40. The van der Waals surface area contributed by atoms with Crippen molar-refractivity contribution >= 4 is 23.0 Å². The highest BCUT2D eigenvalue weighted by atomic mass is 16.5. The molecule has 1 aliphatic heterocycles. The molecule has 20 heavy (non-hydrogen) atoms. The molecule has 2 heterocycles. The number of ether oxygens (including phenoxy) is 1. The summed E-state index contributed by atoms with van der Waals surface area (Å²) >= 11 is 0. The van der Waals surface area contributed by atoms with Crippen molar-refractivity contribution in [1.82, 2.24) is 14.5 Å². The van der Waals surface area contributed by atoms with Gasteiger partial charge in [-0.3, -0.25) is 0 Å². The minimum atomic E-state index is -0.461. The van der Waals surface area contributed by atoms with E-state index in [0.717, 1.165) is 16.8 Å². The van der Waals surface area contributed by atoms with E-state index in [1.807, 2.05) is 39.0 Å². The van der Waals surface area contributed by atoms with Gasteiger partial charge in [0.05, 0.1) is 17.6 Å². The quantitative estimate of drug-likeness (QED) is 0.914. The van der Waals surface area contributed by atoms with Crippen LogP contribution in [0.3, 0.4) is 0 Å². The average molecular weight is 274 g/mol. The molecular formula is C14H18N4O2. The number of carbonyl (C=O) groups excluding carboxylic acids is 1. The van der Waals surface area contributed by atoms with Crippen LogP contribution >= 0.6 is 0 Å². The van der Waals surface area contributed by atoms with Gasteiger partial charge >= 0.3 is 6.03 Å². The van der Waals surface area contributed by atoms with E-state index in [2.05, 4.69) is 10.3 Å². The molecular weight excluding hydrogens is 256 g/mol. The Bertz CT molecular complexity index is 690. The summed E-state index contributed by atoms with van der Waals surface area (Å²) in [6.45, 7) is 6.41. The molecule has 1 amide bonds. The largest absolute Gasteiger partial charge is 0.494 e. The van der Waals surface area contributed by atoms with Crippen LogP contribution in [0.1, 0.15) is 20.8 Å². The third kappa shape index (κ3) is 1.71. The van der Waals surface area contributed by atoms with Crippen molar-refractivity contribution in [3.8, 4) is 5.75 Å². The van der Waals surface area contributed by atoms with E-state index in [1.54, 1.807) is 16.5 Å². The summed E-state index contributed by atoms with van der Waals surface area (Å²) in [6, 6.07) is 5.48. The fourth-order valence-corrected chi connectivity index (χ4v) is 2.34. The van der Waals surface area contributed by atoms with Crippen LogP contribution in [0, 0.1) is 0 Å². The first-order valence-electron chi connectivity index (χ1n) is 6.65. The van der Waals surface area contributed by atoms with E-state index in [0.29, 0.717) is 12.6 Å². The number of benzene rings is 1. The maximum atomic E-state index is 12.5. The molecule has 0 unspecified atom stereocenters. The molecule has 106 valence electrons. The molecule has 0 fully saturated rings. The van der Waals surface area contributed by atoms with Gasteiger partial charge in [0.1, 0.15) is 11.4 Å². The Labute approximate surface area is 117 Å². The fourth-order valence-electron chi connectivity index (χ4n) is 2.34. The number of aromatic nitrogens is 2. The van der Waals surface area contributed by atoms with Crippen molar-refractivity contribution in [3.63, 3.8) is 0 Å². The fraction of sp³-hybridized carbons (Fsp3) is 0.429. The van der Waals surface area contributed by atoms with Crippen molar-refractivity contribution < 1.29 is 9.53 Å². The Morgan fingerprint density at radius 1 is 1.40 bits per heavy atom. The summed E-state index contributed by atoms with van der Waals surface area (Å²) in [5, 5.41) is 3.27. The van der Waals surface area contributed by atoms with E-state index in [1.165, 1.54) is 0 Å². The van der Waals surface area contributed by atoms with Crippen molar-refractivity contribution in [2.24, 2.45) is 0 Å². The summed E-state index contributed by atoms with van der Waals surface area (Å²) in [4.78, 5) is 18.7. The molecule has 0 atom stereocenters. The number of anilines is 1. The minimum Gasteiger partial charge on any atom is -0.494 e. The maximum Gasteiger partial charge on any atom is 0.333 e. The van der Waals surface area contributed by atoms with Gasteiger partial charge in [-0.25, -0.2) is 14.3 Å². The minimum absolute atomic E-state index is 0.0973. The highest BCUT2D eigenvalue weighted by Crippen LogP contribution is 2.31. The average Bonchev–Trinajstić information content (AvgIpc) is 2.73. The zero-order valence-electron chi connectivity index (χ0n) is 12.1. The Morgan fingerprint density at radius 2 is 2.15 bits per heavy atom. The molecule has 6 heteroatoms. The number of rotatable bonds is 2. The smallest absolute Gasteiger partial charge is 0.333 e. The number of nitrogens with one attached hydrogen (secondary N) is 1. The normalized spacial score (nSPS) is 17.0. The topological polar surface area (TPSA) is 59.4 Å². The lowest BCUT2D eigenvalue weighted by molar-refractivity contribution is 0.164. The predicted octanol–water partition coefficient (Wildman–Crippen LogP) is 2.50. The molecule has 0 radical (unpaired) electrons. The van der Waals surface area contributed by atoms with Gasteiger partial charge in [-0.1, -0.05) is 0 Å². The number of imidazole rings is 1. The van der Waals surface area contributed by atoms with Gasteiger partial charge in [0, 0.05) is 13.1 Å². The molecule has 0 saturated heterocycles. The van der Waals surface area contributed by atoms with Crippen LogP contribution in [0.5, 0.6) is 5.75 Å². The Morgan fingerprint density at radius 3 is 2.85 bits per heavy atom. The van der Waals surface area contributed by atoms with Gasteiger partial charge in [-0.15, -0.1) is 0 Å². The molecule has 0 saturated carbocycles. The van der Waals surface area contributed by atoms with E-state index in [4.69, 9.17) is 4.74 Å². The van der Waals surface area contributed by atoms with E-state index >= 15 is 0 Å². The predicted molar refractivity (Wildman–Crippen MR) is 77.2 cm³/mol. The van der Waals surface area contributed by atoms with Gasteiger partial charge in [-0.2, -0.15) is 0 Å². The molecule has 1 aromatic carbocycles. The molecule has 6 nitrogen and oxygen atoms in total. The van der Waals surface area contributed by atoms with Crippen molar-refractivity contribution in [3.05, 3.63) is 18.2 Å². The first-order chi connectivity index (χ1) is 9.44. The first kappa shape index (κ1) is 12.8. The Hall–Kier alpha value is -2.24. The van der Waals surface area contributed by atoms with Gasteiger partial charge in [-0.05, 0) is 32.9 Å². The van der Waals surface area contributed by atoms with Crippen LogP contribution in [0.4, 0.5) is 10.7 Å². The second-order valence-corrected chi connectivity index (χ2v) is 5.38. The van der Waals surface area contributed by atoms with Gasteiger partial charge < -0.3 is 15.0 Å². The van der Waals surface area contributed by atoms with Crippen LogP contribution in [0.2, 0.25) is 0 Å². The number of hydrogen-bond acceptors (Lipinski definition) is 4. The third-order valence-electron chi connectivity index (χ3n) is 3.67. The van der Waals surface area contributed by atoms with Crippen molar-refractivity contribution in [2.45, 2.75) is 26.4 Å². The zero-order valence-corrected chi connectivity index (χ0v) is 12.1. The summed E-state index contributed by atoms with van der Waals surface area (Å²) < 4.78 is 7.08. The monoisotopic (exact) mass is 274 g/mol. The van der Waals surface area contributed by atoms with E-state index < -0.39 is 5.66 Å². The molecule has 0 aliphatic carbocycles. The first-order valence-corrected chi connectivity index (χ1v) is 6.65. The van der Waals surface area contributed by atoms with E-state index in [-0.39, 0.29) is 6.03 Å². The number of fused-ring (bicyclic) bond motifs is 3. The van der Waals surface area contributed by atoms with Crippen LogP contribution in [-0.2, 0) is 0 Å². The van der Waals surface area contributed by atoms with Crippen LogP contribution in [-0.4, -0.2) is 39.8 Å². The van der Waals surface area contributed by atoms with Crippen LogP contribution < -0.4 is 10.1 Å². The number of nitrogens with zero attached hydrogens (tertiary/aromatic N) is 3. The van der Waals surface area contributed by atoms with Crippen LogP contribution in [0.25, 0.3) is 11.0 Å². The third-order valence-corrected chi connectivity index (χ3v) is 3.67. The molecule has 3 rings (SSSR count). The second kappa shape index (κ2) is 4.13. The van der Waals surface area contributed by atoms with Gasteiger partial charge in [0.15, 0.2) is 0 Å². The van der Waals surface area contributed by atoms with Gasteiger partial charge in [0.25, 0.3) is 0 Å². The van der Waals surface area contributed by atoms with Crippen molar-refractivity contribution in [2.75, 3.05) is 19.0 Å². The molecule has 0 bridgehead atoms. The molecule has 1 N–H and O–H groups in total. The number of carbonyl (C=O) groups is 1. The SMILES string of the molecule is CCOc1ccc2nc3n(c2c1)C(=O)N(C)C(C)(C)N3. The lowest BCUT2D eigenvalue weighted by Crippen LogP contribution is -2.56. The van der Waals surface area contributed by atoms with Crippen molar-refractivity contribution in [1.29, 1.82) is 0 Å². The molecule has 2 aromatic rings.